The van der Waals surface area contributed by atoms with Crippen LogP contribution in [0.15, 0.2) is 34.3 Å². The molecule has 2 heterocycles. The SMILES string of the molecule is CC1=C(Br)COC12C(=O)N(C)c1ccccc12. The minimum atomic E-state index is -0.899. The van der Waals surface area contributed by atoms with Crippen LogP contribution in [0.25, 0.3) is 0 Å². The zero-order chi connectivity index (χ0) is 12.2. The number of ether oxygens (including phenoxy) is 1. The van der Waals surface area contributed by atoms with Gasteiger partial charge < -0.3 is 9.64 Å². The Morgan fingerprint density at radius 2 is 2.12 bits per heavy atom. The van der Waals surface area contributed by atoms with Crippen molar-refractivity contribution in [1.82, 2.24) is 0 Å². The van der Waals surface area contributed by atoms with Gasteiger partial charge in [-0.2, -0.15) is 0 Å². The first-order chi connectivity index (χ1) is 8.09. The fourth-order valence-corrected chi connectivity index (χ4v) is 3.00. The highest BCUT2D eigenvalue weighted by atomic mass is 79.9. The van der Waals surface area contributed by atoms with Gasteiger partial charge in [-0.05, 0) is 18.6 Å². The van der Waals surface area contributed by atoms with Crippen LogP contribution in [0, 0.1) is 0 Å². The molecule has 1 unspecified atom stereocenters. The van der Waals surface area contributed by atoms with E-state index in [2.05, 4.69) is 15.9 Å². The summed E-state index contributed by atoms with van der Waals surface area (Å²) in [5.74, 6) is -0.00866. The van der Waals surface area contributed by atoms with Crippen molar-refractivity contribution in [3.63, 3.8) is 0 Å². The molecule has 4 heteroatoms. The summed E-state index contributed by atoms with van der Waals surface area (Å²) in [6, 6.07) is 7.79. The molecule has 2 aliphatic rings. The second kappa shape index (κ2) is 3.43. The minimum absolute atomic E-state index is 0.00866. The molecule has 1 atom stereocenters. The Hall–Kier alpha value is -1.13. The zero-order valence-corrected chi connectivity index (χ0v) is 11.2. The number of para-hydroxylation sites is 1. The van der Waals surface area contributed by atoms with Gasteiger partial charge >= 0.3 is 0 Å². The average Bonchev–Trinajstić information content (AvgIpc) is 2.76. The summed E-state index contributed by atoms with van der Waals surface area (Å²) < 4.78 is 6.79. The summed E-state index contributed by atoms with van der Waals surface area (Å²) in [6.45, 7) is 2.41. The second-order valence-electron chi connectivity index (χ2n) is 4.38. The summed E-state index contributed by atoms with van der Waals surface area (Å²) in [5.41, 5.74) is 1.93. The number of carbonyl (C=O) groups is 1. The summed E-state index contributed by atoms with van der Waals surface area (Å²) in [4.78, 5) is 14.2. The number of benzene rings is 1. The molecule has 3 nitrogen and oxygen atoms in total. The molecule has 0 saturated heterocycles. The number of anilines is 1. The maximum absolute atomic E-state index is 12.5. The number of rotatable bonds is 0. The van der Waals surface area contributed by atoms with Crippen LogP contribution >= 0.6 is 15.9 Å². The van der Waals surface area contributed by atoms with Crippen LogP contribution in [0.2, 0.25) is 0 Å². The van der Waals surface area contributed by atoms with Gasteiger partial charge in [0.25, 0.3) is 5.91 Å². The highest BCUT2D eigenvalue weighted by Gasteiger charge is 2.55. The Kier molecular flexibility index (Phi) is 2.22. The predicted octanol–water partition coefficient (Wildman–Crippen LogP) is 2.56. The quantitative estimate of drug-likeness (QED) is 0.736. The molecule has 0 fully saturated rings. The highest BCUT2D eigenvalue weighted by molar-refractivity contribution is 9.11. The molecule has 2 aliphatic heterocycles. The lowest BCUT2D eigenvalue weighted by atomic mass is 9.89. The molecule has 0 aliphatic carbocycles. The van der Waals surface area contributed by atoms with Gasteiger partial charge in [-0.1, -0.05) is 34.1 Å². The molecule has 1 aromatic rings. The van der Waals surface area contributed by atoms with Gasteiger partial charge in [0.1, 0.15) is 0 Å². The van der Waals surface area contributed by atoms with Gasteiger partial charge in [-0.25, -0.2) is 0 Å². The van der Waals surface area contributed by atoms with E-state index in [0.29, 0.717) is 6.61 Å². The van der Waals surface area contributed by atoms with Crippen LogP contribution in [-0.4, -0.2) is 19.6 Å². The molecule has 0 aromatic heterocycles. The van der Waals surface area contributed by atoms with Crippen LogP contribution < -0.4 is 4.90 Å². The van der Waals surface area contributed by atoms with E-state index in [1.165, 1.54) is 0 Å². The first-order valence-corrected chi connectivity index (χ1v) is 6.25. The molecule has 88 valence electrons. The molecule has 1 aromatic carbocycles. The first kappa shape index (κ1) is 11.0. The molecule has 17 heavy (non-hydrogen) atoms. The summed E-state index contributed by atoms with van der Waals surface area (Å²) >= 11 is 3.47. The lowest BCUT2D eigenvalue weighted by molar-refractivity contribution is -0.135. The Morgan fingerprint density at radius 1 is 1.41 bits per heavy atom. The fourth-order valence-electron chi connectivity index (χ4n) is 2.61. The van der Waals surface area contributed by atoms with Crippen molar-refractivity contribution in [3.05, 3.63) is 39.9 Å². The van der Waals surface area contributed by atoms with Crippen molar-refractivity contribution in [2.75, 3.05) is 18.6 Å². The fraction of sp³-hybridized carbons (Fsp3) is 0.308. The lowest BCUT2D eigenvalue weighted by Gasteiger charge is -2.23. The molecule has 0 saturated carbocycles. The number of carbonyl (C=O) groups excluding carboxylic acids is 1. The van der Waals surface area contributed by atoms with Crippen molar-refractivity contribution in [2.45, 2.75) is 12.5 Å². The van der Waals surface area contributed by atoms with Gasteiger partial charge in [0.05, 0.1) is 12.3 Å². The third-order valence-electron chi connectivity index (χ3n) is 3.60. The van der Waals surface area contributed by atoms with E-state index in [0.717, 1.165) is 21.3 Å². The number of hydrogen-bond acceptors (Lipinski definition) is 2. The third kappa shape index (κ3) is 1.17. The highest BCUT2D eigenvalue weighted by Crippen LogP contribution is 2.50. The number of halogens is 1. The number of likely N-dealkylation sites (N-methyl/N-ethyl adjacent to an activating group) is 1. The van der Waals surface area contributed by atoms with Crippen LogP contribution in [0.4, 0.5) is 5.69 Å². The van der Waals surface area contributed by atoms with E-state index in [4.69, 9.17) is 4.74 Å². The smallest absolute Gasteiger partial charge is 0.268 e. The molecular weight excluding hydrogens is 282 g/mol. The van der Waals surface area contributed by atoms with Gasteiger partial charge in [-0.15, -0.1) is 0 Å². The van der Waals surface area contributed by atoms with Gasteiger partial charge in [-0.3, -0.25) is 4.79 Å². The first-order valence-electron chi connectivity index (χ1n) is 5.46. The van der Waals surface area contributed by atoms with E-state index >= 15 is 0 Å². The minimum Gasteiger partial charge on any atom is -0.351 e. The Bertz CT molecular complexity index is 552. The van der Waals surface area contributed by atoms with E-state index in [9.17, 15) is 4.79 Å². The molecule has 0 N–H and O–H groups in total. The van der Waals surface area contributed by atoms with Crippen molar-refractivity contribution >= 4 is 27.5 Å². The number of nitrogens with zero attached hydrogens (tertiary/aromatic N) is 1. The topological polar surface area (TPSA) is 29.5 Å². The number of fused-ring (bicyclic) bond motifs is 2. The van der Waals surface area contributed by atoms with E-state index < -0.39 is 5.60 Å². The molecule has 1 amide bonds. The van der Waals surface area contributed by atoms with Gasteiger partial charge in [0, 0.05) is 17.1 Å². The average molecular weight is 294 g/mol. The van der Waals surface area contributed by atoms with E-state index in [-0.39, 0.29) is 5.91 Å². The maximum atomic E-state index is 12.5. The van der Waals surface area contributed by atoms with Crippen LogP contribution in [0.3, 0.4) is 0 Å². The molecule has 0 radical (unpaired) electrons. The Morgan fingerprint density at radius 3 is 2.76 bits per heavy atom. The van der Waals surface area contributed by atoms with Crippen molar-refractivity contribution < 1.29 is 9.53 Å². The van der Waals surface area contributed by atoms with E-state index in [1.54, 1.807) is 11.9 Å². The predicted molar refractivity (Wildman–Crippen MR) is 69.1 cm³/mol. The summed E-state index contributed by atoms with van der Waals surface area (Å²) in [6.07, 6.45) is 0. The second-order valence-corrected chi connectivity index (χ2v) is 5.34. The molecular formula is C13H12BrNO2. The number of amides is 1. The van der Waals surface area contributed by atoms with Gasteiger partial charge in [0.2, 0.25) is 0 Å². The standard InChI is InChI=1S/C13H12BrNO2/c1-8-10(14)7-17-13(8)9-5-3-4-6-11(9)15(2)12(13)16/h3-6H,7H2,1-2H3. The Balaban J connectivity index is 2.30. The van der Waals surface area contributed by atoms with Crippen LogP contribution in [-0.2, 0) is 15.1 Å². The summed E-state index contributed by atoms with van der Waals surface area (Å²) in [7, 11) is 1.79. The molecule has 3 rings (SSSR count). The maximum Gasteiger partial charge on any atom is 0.268 e. The zero-order valence-electron chi connectivity index (χ0n) is 9.66. The third-order valence-corrected chi connectivity index (χ3v) is 4.42. The largest absolute Gasteiger partial charge is 0.351 e. The Labute approximate surface area is 108 Å². The lowest BCUT2D eigenvalue weighted by Crippen LogP contribution is -2.39. The van der Waals surface area contributed by atoms with Gasteiger partial charge in [0.15, 0.2) is 5.60 Å². The monoisotopic (exact) mass is 293 g/mol. The summed E-state index contributed by atoms with van der Waals surface area (Å²) in [5, 5.41) is 0. The van der Waals surface area contributed by atoms with Crippen LogP contribution in [0.5, 0.6) is 0 Å². The normalized spacial score (nSPS) is 27.2. The van der Waals surface area contributed by atoms with Crippen molar-refractivity contribution in [3.8, 4) is 0 Å². The van der Waals surface area contributed by atoms with E-state index in [1.807, 2.05) is 31.2 Å². The van der Waals surface area contributed by atoms with Crippen molar-refractivity contribution in [2.24, 2.45) is 0 Å². The van der Waals surface area contributed by atoms with Crippen LogP contribution in [0.1, 0.15) is 12.5 Å². The van der Waals surface area contributed by atoms with Crippen molar-refractivity contribution in [1.29, 1.82) is 0 Å². The number of hydrogen-bond donors (Lipinski definition) is 0. The molecule has 0 bridgehead atoms. The molecule has 1 spiro atoms.